The van der Waals surface area contributed by atoms with Gasteiger partial charge in [0.2, 0.25) is 16.0 Å². The zero-order chi connectivity index (χ0) is 21.1. The zero-order valence-corrected chi connectivity index (χ0v) is 16.7. The predicted molar refractivity (Wildman–Crippen MR) is 110 cm³/mol. The number of hydrogen-bond acceptors (Lipinski definition) is 7. The summed E-state index contributed by atoms with van der Waals surface area (Å²) in [6.07, 6.45) is 2.02. The minimum absolute atomic E-state index is 0.0119. The van der Waals surface area contributed by atoms with Gasteiger partial charge in [0, 0.05) is 32.0 Å². The van der Waals surface area contributed by atoms with E-state index < -0.39 is 22.1 Å². The molecular weight excluding hydrogens is 408 g/mol. The number of fused-ring (bicyclic) bond motifs is 1. The number of carboxylic acids is 1. The molecule has 1 unspecified atom stereocenters. The number of morpholine rings is 1. The van der Waals surface area contributed by atoms with Gasteiger partial charge >= 0.3 is 5.97 Å². The highest BCUT2D eigenvalue weighted by molar-refractivity contribution is 7.89. The van der Waals surface area contributed by atoms with Crippen molar-refractivity contribution in [1.82, 2.24) is 14.3 Å². The van der Waals surface area contributed by atoms with Gasteiger partial charge in [0.05, 0.1) is 23.2 Å². The molecule has 0 aliphatic carbocycles. The molecule has 0 bridgehead atoms. The van der Waals surface area contributed by atoms with E-state index in [1.165, 1.54) is 16.7 Å². The first kappa shape index (κ1) is 20.2. The van der Waals surface area contributed by atoms with Gasteiger partial charge in [-0.2, -0.15) is 4.31 Å². The van der Waals surface area contributed by atoms with Crippen LogP contribution in [0.25, 0.3) is 10.8 Å². The number of benzene rings is 2. The maximum Gasteiger partial charge on any atom is 0.338 e. The molecule has 156 valence electrons. The standard InChI is InChI=1S/C20H20N4O5S/c25-19(26)16-10-21-20(22-11-16)23-12-17-13-24(7-8-29-17)30(27,28)18-6-5-14-3-1-2-4-15(14)9-18/h1-6,9-11,17H,7-8,12-13H2,(H,25,26)(H,21,22,23). The van der Waals surface area contributed by atoms with Crippen molar-refractivity contribution in [3.63, 3.8) is 0 Å². The van der Waals surface area contributed by atoms with Crippen LogP contribution in [0.1, 0.15) is 10.4 Å². The number of sulfonamides is 1. The van der Waals surface area contributed by atoms with Crippen LogP contribution in [-0.4, -0.2) is 66.1 Å². The SMILES string of the molecule is O=C(O)c1cnc(NCC2CN(S(=O)(=O)c3ccc4ccccc4c3)CCO2)nc1. The van der Waals surface area contributed by atoms with Gasteiger partial charge in [-0.1, -0.05) is 30.3 Å². The van der Waals surface area contributed by atoms with E-state index in [4.69, 9.17) is 9.84 Å². The lowest BCUT2D eigenvalue weighted by atomic mass is 10.1. The number of aromatic carboxylic acids is 1. The summed E-state index contributed by atoms with van der Waals surface area (Å²) in [5.74, 6) is -0.857. The molecule has 3 aromatic rings. The summed E-state index contributed by atoms with van der Waals surface area (Å²) in [6.45, 7) is 1.03. The van der Waals surface area contributed by atoms with Crippen LogP contribution in [0.5, 0.6) is 0 Å². The summed E-state index contributed by atoms with van der Waals surface area (Å²) >= 11 is 0. The fourth-order valence-electron chi connectivity index (χ4n) is 3.25. The number of nitrogens with zero attached hydrogens (tertiary/aromatic N) is 3. The number of anilines is 1. The lowest BCUT2D eigenvalue weighted by Gasteiger charge is -2.32. The van der Waals surface area contributed by atoms with E-state index in [0.717, 1.165) is 10.8 Å². The number of aromatic nitrogens is 2. The fourth-order valence-corrected chi connectivity index (χ4v) is 4.74. The van der Waals surface area contributed by atoms with Gasteiger partial charge in [-0.15, -0.1) is 0 Å². The highest BCUT2D eigenvalue weighted by Crippen LogP contribution is 2.23. The van der Waals surface area contributed by atoms with Crippen molar-refractivity contribution in [3.8, 4) is 0 Å². The van der Waals surface area contributed by atoms with Gasteiger partial charge < -0.3 is 15.2 Å². The van der Waals surface area contributed by atoms with Gasteiger partial charge in [-0.05, 0) is 22.9 Å². The lowest BCUT2D eigenvalue weighted by Crippen LogP contribution is -2.47. The number of nitrogens with one attached hydrogen (secondary N) is 1. The van der Waals surface area contributed by atoms with E-state index in [1.54, 1.807) is 18.2 Å². The van der Waals surface area contributed by atoms with Crippen molar-refractivity contribution in [2.45, 2.75) is 11.0 Å². The maximum atomic E-state index is 13.1. The Morgan fingerprint density at radius 1 is 1.17 bits per heavy atom. The van der Waals surface area contributed by atoms with Crippen LogP contribution in [0.4, 0.5) is 5.95 Å². The number of carboxylic acid groups (broad SMARTS) is 1. The van der Waals surface area contributed by atoms with Crippen molar-refractivity contribution in [2.75, 3.05) is 31.6 Å². The first-order valence-corrected chi connectivity index (χ1v) is 10.8. The molecule has 1 aliphatic heterocycles. The molecule has 4 rings (SSSR count). The summed E-state index contributed by atoms with van der Waals surface area (Å²) in [6, 6.07) is 12.7. The van der Waals surface area contributed by atoms with Gasteiger partial charge in [0.1, 0.15) is 0 Å². The van der Waals surface area contributed by atoms with Crippen LogP contribution in [-0.2, 0) is 14.8 Å². The molecule has 0 spiro atoms. The van der Waals surface area contributed by atoms with Crippen molar-refractivity contribution in [3.05, 3.63) is 60.4 Å². The minimum Gasteiger partial charge on any atom is -0.478 e. The largest absolute Gasteiger partial charge is 0.478 e. The second-order valence-electron chi connectivity index (χ2n) is 6.85. The van der Waals surface area contributed by atoms with Crippen LogP contribution >= 0.6 is 0 Å². The molecule has 2 aromatic carbocycles. The number of carbonyl (C=O) groups is 1. The first-order chi connectivity index (χ1) is 14.4. The normalized spacial score (nSPS) is 17.7. The van der Waals surface area contributed by atoms with Gasteiger partial charge in [0.15, 0.2) is 0 Å². The molecule has 0 amide bonds. The smallest absolute Gasteiger partial charge is 0.338 e. The molecule has 2 N–H and O–H groups in total. The number of hydrogen-bond donors (Lipinski definition) is 2. The molecule has 1 fully saturated rings. The Morgan fingerprint density at radius 2 is 1.90 bits per heavy atom. The lowest BCUT2D eigenvalue weighted by molar-refractivity contribution is 0.00674. The minimum atomic E-state index is -3.66. The van der Waals surface area contributed by atoms with Crippen LogP contribution in [0.2, 0.25) is 0 Å². The molecule has 1 aliphatic rings. The Balaban J connectivity index is 1.43. The Kier molecular flexibility index (Phi) is 5.62. The Morgan fingerprint density at radius 3 is 2.63 bits per heavy atom. The summed E-state index contributed by atoms with van der Waals surface area (Å²) in [4.78, 5) is 19.0. The van der Waals surface area contributed by atoms with E-state index in [2.05, 4.69) is 15.3 Å². The van der Waals surface area contributed by atoms with Crippen molar-refractivity contribution in [1.29, 1.82) is 0 Å². The van der Waals surface area contributed by atoms with E-state index in [-0.39, 0.29) is 42.6 Å². The van der Waals surface area contributed by atoms with E-state index in [0.29, 0.717) is 0 Å². The predicted octanol–water partition coefficient (Wildman–Crippen LogP) is 1.83. The zero-order valence-electron chi connectivity index (χ0n) is 15.9. The van der Waals surface area contributed by atoms with Crippen molar-refractivity contribution >= 4 is 32.7 Å². The summed E-state index contributed by atoms with van der Waals surface area (Å²) in [5.41, 5.74) is -0.0119. The second-order valence-corrected chi connectivity index (χ2v) is 8.78. The van der Waals surface area contributed by atoms with E-state index >= 15 is 0 Å². The third-order valence-corrected chi connectivity index (χ3v) is 6.71. The molecule has 10 heteroatoms. The van der Waals surface area contributed by atoms with Crippen molar-refractivity contribution < 1.29 is 23.1 Å². The molecule has 9 nitrogen and oxygen atoms in total. The first-order valence-electron chi connectivity index (χ1n) is 9.33. The highest BCUT2D eigenvalue weighted by Gasteiger charge is 2.31. The molecule has 0 radical (unpaired) electrons. The topological polar surface area (TPSA) is 122 Å². The molecular formula is C20H20N4O5S. The summed E-state index contributed by atoms with van der Waals surface area (Å²) < 4.78 is 33.3. The number of rotatable bonds is 6. The maximum absolute atomic E-state index is 13.1. The van der Waals surface area contributed by atoms with Gasteiger partial charge in [0.25, 0.3) is 0 Å². The van der Waals surface area contributed by atoms with Crippen LogP contribution in [0.3, 0.4) is 0 Å². The molecule has 0 saturated carbocycles. The van der Waals surface area contributed by atoms with Gasteiger partial charge in [-0.3, -0.25) is 0 Å². The molecule has 30 heavy (non-hydrogen) atoms. The van der Waals surface area contributed by atoms with Gasteiger partial charge in [-0.25, -0.2) is 23.2 Å². The highest BCUT2D eigenvalue weighted by atomic mass is 32.2. The number of ether oxygens (including phenoxy) is 1. The second kappa shape index (κ2) is 8.34. The summed E-state index contributed by atoms with van der Waals surface area (Å²) in [5, 5.41) is 13.7. The molecule has 1 saturated heterocycles. The Labute approximate surface area is 173 Å². The average molecular weight is 428 g/mol. The quantitative estimate of drug-likeness (QED) is 0.610. The van der Waals surface area contributed by atoms with Crippen molar-refractivity contribution in [2.24, 2.45) is 0 Å². The van der Waals surface area contributed by atoms with E-state index in [9.17, 15) is 13.2 Å². The Hall–Kier alpha value is -3.08. The fraction of sp³-hybridized carbons (Fsp3) is 0.250. The third kappa shape index (κ3) is 4.25. The average Bonchev–Trinajstić information content (AvgIpc) is 2.78. The molecule has 1 aromatic heterocycles. The summed E-state index contributed by atoms with van der Waals surface area (Å²) in [7, 11) is -3.66. The van der Waals surface area contributed by atoms with E-state index in [1.807, 2.05) is 24.3 Å². The monoisotopic (exact) mass is 428 g/mol. The van der Waals surface area contributed by atoms with Crippen LogP contribution < -0.4 is 5.32 Å². The van der Waals surface area contributed by atoms with Crippen LogP contribution in [0.15, 0.2) is 59.8 Å². The third-order valence-electron chi connectivity index (χ3n) is 4.85. The Bertz CT molecular complexity index is 1170. The van der Waals surface area contributed by atoms with Crippen LogP contribution in [0, 0.1) is 0 Å². The molecule has 1 atom stereocenters. The molecule has 2 heterocycles.